The van der Waals surface area contributed by atoms with Crippen molar-refractivity contribution in [2.75, 3.05) is 23.1 Å². The number of anilines is 2. The van der Waals surface area contributed by atoms with Crippen molar-refractivity contribution < 1.29 is 4.57 Å². The van der Waals surface area contributed by atoms with Gasteiger partial charge >= 0.3 is 0 Å². The van der Waals surface area contributed by atoms with E-state index >= 15 is 0 Å². The van der Waals surface area contributed by atoms with Crippen molar-refractivity contribution in [3.63, 3.8) is 0 Å². The van der Waals surface area contributed by atoms with E-state index in [1.54, 1.807) is 0 Å². The maximum Gasteiger partial charge on any atom is 0.228 e. The maximum absolute atomic E-state index is 13.4. The number of hydrogen-bond donors (Lipinski definition) is 1. The lowest BCUT2D eigenvalue weighted by atomic mass is 10.1. The summed E-state index contributed by atoms with van der Waals surface area (Å²) in [5.74, 6) is 0. The second-order valence-electron chi connectivity index (χ2n) is 7.08. The van der Waals surface area contributed by atoms with E-state index in [0.29, 0.717) is 0 Å². The van der Waals surface area contributed by atoms with Crippen LogP contribution in [0.2, 0.25) is 0 Å². The Balaban J connectivity index is 1.48. The Morgan fingerprint density at radius 1 is 0.857 bits per heavy atom. The van der Waals surface area contributed by atoms with E-state index in [9.17, 15) is 4.57 Å². The molecule has 1 fully saturated rings. The lowest BCUT2D eigenvalue weighted by Gasteiger charge is -2.22. The minimum absolute atomic E-state index is 0.253. The van der Waals surface area contributed by atoms with Crippen molar-refractivity contribution in [3.05, 3.63) is 96.6 Å². The number of para-hydroxylation sites is 2. The van der Waals surface area contributed by atoms with Crippen LogP contribution in [0.5, 0.6) is 0 Å². The summed E-state index contributed by atoms with van der Waals surface area (Å²) in [5.41, 5.74) is 3.38. The Labute approximate surface area is 167 Å². The zero-order valence-corrected chi connectivity index (χ0v) is 16.9. The van der Waals surface area contributed by atoms with Crippen molar-refractivity contribution in [2.24, 2.45) is 0 Å². The monoisotopic (exact) mass is 391 g/mol. The molecule has 0 aromatic heterocycles. The Hall–Kier alpha value is -2.55. The molecule has 5 heteroatoms. The molecule has 28 heavy (non-hydrogen) atoms. The number of nitrogens with one attached hydrogen (secondary N) is 1. The smallest absolute Gasteiger partial charge is 0.228 e. The summed E-state index contributed by atoms with van der Waals surface area (Å²) in [4.78, 5) is 0. The standard InChI is InChI=1S/C23H26N3OP/c27-28-25(18-20-10-4-1-5-11-20)23(16-17-24-21-12-6-2-7-13-21)19-26(28)22-14-8-3-9-15-22/h1-15,23-24,28H,16-19H2/t23-/m0/s1. The van der Waals surface area contributed by atoms with Crippen LogP contribution >= 0.6 is 8.10 Å². The van der Waals surface area contributed by atoms with Gasteiger partial charge in [-0.1, -0.05) is 66.7 Å². The second kappa shape index (κ2) is 9.09. The number of nitrogens with zero attached hydrogens (tertiary/aromatic N) is 2. The molecule has 0 spiro atoms. The van der Waals surface area contributed by atoms with Crippen LogP contribution in [0.25, 0.3) is 0 Å². The van der Waals surface area contributed by atoms with Crippen LogP contribution in [-0.4, -0.2) is 23.8 Å². The molecule has 0 amide bonds. The highest BCUT2D eigenvalue weighted by Crippen LogP contribution is 2.46. The molecule has 1 aliphatic rings. The van der Waals surface area contributed by atoms with Crippen molar-refractivity contribution in [2.45, 2.75) is 19.0 Å². The van der Waals surface area contributed by atoms with Gasteiger partial charge in [-0.2, -0.15) is 0 Å². The Bertz CT molecular complexity index is 889. The molecular formula is C23H26N3OP. The maximum atomic E-state index is 13.4. The van der Waals surface area contributed by atoms with Crippen LogP contribution in [0, 0.1) is 0 Å². The molecule has 2 atom stereocenters. The molecule has 0 saturated carbocycles. The molecule has 4 nitrogen and oxygen atoms in total. The molecule has 1 saturated heterocycles. The Kier molecular flexibility index (Phi) is 6.11. The number of benzene rings is 3. The van der Waals surface area contributed by atoms with Crippen LogP contribution < -0.4 is 9.99 Å². The topological polar surface area (TPSA) is 35.6 Å². The van der Waals surface area contributed by atoms with Crippen molar-refractivity contribution in [1.82, 2.24) is 4.67 Å². The molecule has 3 aromatic rings. The normalized spacial score (nSPS) is 19.6. The first-order chi connectivity index (χ1) is 13.8. The van der Waals surface area contributed by atoms with E-state index in [4.69, 9.17) is 0 Å². The highest BCUT2D eigenvalue weighted by molar-refractivity contribution is 7.44. The van der Waals surface area contributed by atoms with Crippen LogP contribution in [0.4, 0.5) is 11.4 Å². The third-order valence-corrected chi connectivity index (χ3v) is 7.07. The van der Waals surface area contributed by atoms with Crippen LogP contribution in [0.1, 0.15) is 12.0 Å². The highest BCUT2D eigenvalue weighted by Gasteiger charge is 2.36. The minimum atomic E-state index is -2.04. The summed E-state index contributed by atoms with van der Waals surface area (Å²) in [6, 6.07) is 31.0. The van der Waals surface area contributed by atoms with Gasteiger partial charge in [0.05, 0.1) is 0 Å². The SMILES string of the molecule is O=[PH]1N(c2ccccc2)C[C@H](CCNc2ccccc2)N1Cc1ccccc1. The molecule has 1 unspecified atom stereocenters. The minimum Gasteiger partial charge on any atom is -0.385 e. The summed E-state index contributed by atoms with van der Waals surface area (Å²) < 4.78 is 17.6. The molecular weight excluding hydrogens is 365 g/mol. The van der Waals surface area contributed by atoms with Gasteiger partial charge in [-0.05, 0) is 36.2 Å². The number of rotatable bonds is 7. The van der Waals surface area contributed by atoms with Crippen LogP contribution in [0.3, 0.4) is 0 Å². The lowest BCUT2D eigenvalue weighted by molar-refractivity contribution is 0.343. The quantitative estimate of drug-likeness (QED) is 0.557. The van der Waals surface area contributed by atoms with E-state index in [2.05, 4.69) is 38.9 Å². The lowest BCUT2D eigenvalue weighted by Crippen LogP contribution is -2.29. The highest BCUT2D eigenvalue weighted by atomic mass is 31.1. The fourth-order valence-corrected chi connectivity index (χ4v) is 5.57. The Morgan fingerprint density at radius 2 is 1.46 bits per heavy atom. The average molecular weight is 391 g/mol. The third kappa shape index (κ3) is 4.46. The summed E-state index contributed by atoms with van der Waals surface area (Å²) in [6.07, 6.45) is 0.946. The molecule has 1 N–H and O–H groups in total. The summed E-state index contributed by atoms with van der Waals surface area (Å²) in [7, 11) is -2.04. The van der Waals surface area contributed by atoms with Crippen molar-refractivity contribution >= 4 is 19.5 Å². The van der Waals surface area contributed by atoms with Gasteiger partial charge in [-0.3, -0.25) is 4.57 Å². The van der Waals surface area contributed by atoms with Gasteiger partial charge in [0.15, 0.2) is 0 Å². The van der Waals surface area contributed by atoms with E-state index in [1.807, 2.05) is 66.7 Å². The van der Waals surface area contributed by atoms with Gasteiger partial charge in [0, 0.05) is 37.1 Å². The van der Waals surface area contributed by atoms with Gasteiger partial charge in [0.25, 0.3) is 0 Å². The molecule has 4 rings (SSSR count). The van der Waals surface area contributed by atoms with Gasteiger partial charge in [-0.15, -0.1) is 0 Å². The number of hydrogen-bond acceptors (Lipinski definition) is 2. The molecule has 144 valence electrons. The van der Waals surface area contributed by atoms with Gasteiger partial charge in [0.2, 0.25) is 8.10 Å². The van der Waals surface area contributed by atoms with Crippen molar-refractivity contribution in [3.8, 4) is 0 Å². The first-order valence-electron chi connectivity index (χ1n) is 9.77. The third-order valence-electron chi connectivity index (χ3n) is 5.15. The van der Waals surface area contributed by atoms with E-state index in [-0.39, 0.29) is 6.04 Å². The average Bonchev–Trinajstić information content (AvgIpc) is 3.06. The van der Waals surface area contributed by atoms with Crippen LogP contribution in [-0.2, 0) is 11.1 Å². The van der Waals surface area contributed by atoms with E-state index < -0.39 is 8.10 Å². The largest absolute Gasteiger partial charge is 0.385 e. The van der Waals surface area contributed by atoms with Crippen LogP contribution in [0.15, 0.2) is 91.0 Å². The predicted molar refractivity (Wildman–Crippen MR) is 118 cm³/mol. The van der Waals surface area contributed by atoms with Gasteiger partial charge < -0.3 is 9.99 Å². The van der Waals surface area contributed by atoms with E-state index in [0.717, 1.165) is 37.4 Å². The predicted octanol–water partition coefficient (Wildman–Crippen LogP) is 5.27. The van der Waals surface area contributed by atoms with Crippen molar-refractivity contribution in [1.29, 1.82) is 0 Å². The fraction of sp³-hybridized carbons (Fsp3) is 0.217. The molecule has 1 aliphatic heterocycles. The molecule has 0 radical (unpaired) electrons. The molecule has 3 aromatic carbocycles. The first-order valence-corrected chi connectivity index (χ1v) is 11.1. The second-order valence-corrected chi connectivity index (χ2v) is 8.76. The summed E-state index contributed by atoms with van der Waals surface area (Å²) in [6.45, 7) is 2.38. The summed E-state index contributed by atoms with van der Waals surface area (Å²) >= 11 is 0. The zero-order chi connectivity index (χ0) is 19.2. The van der Waals surface area contributed by atoms with Gasteiger partial charge in [0.1, 0.15) is 0 Å². The van der Waals surface area contributed by atoms with E-state index in [1.165, 1.54) is 5.56 Å². The molecule has 1 heterocycles. The van der Waals surface area contributed by atoms with Gasteiger partial charge in [-0.25, -0.2) is 4.67 Å². The zero-order valence-electron chi connectivity index (χ0n) is 15.9. The fourth-order valence-electron chi connectivity index (χ4n) is 3.69. The summed E-state index contributed by atoms with van der Waals surface area (Å²) in [5, 5.41) is 3.49. The molecule has 0 aliphatic carbocycles. The first kappa shape index (κ1) is 18.8. The Morgan fingerprint density at radius 3 is 2.14 bits per heavy atom. The molecule has 0 bridgehead atoms.